The van der Waals surface area contributed by atoms with Crippen LogP contribution in [0.1, 0.15) is 30.1 Å². The van der Waals surface area contributed by atoms with Gasteiger partial charge in [-0.25, -0.2) is 4.39 Å². The lowest BCUT2D eigenvalue weighted by Gasteiger charge is -2.15. The monoisotopic (exact) mass is 315 g/mol. The second-order valence-electron chi connectivity index (χ2n) is 4.81. The van der Waals surface area contributed by atoms with Gasteiger partial charge in [-0.1, -0.05) is 30.1 Å². The Morgan fingerprint density at radius 2 is 2.20 bits per heavy atom. The lowest BCUT2D eigenvalue weighted by molar-refractivity contribution is 0.418. The Morgan fingerprint density at radius 3 is 2.90 bits per heavy atom. The molecule has 1 aliphatic rings. The second kappa shape index (κ2) is 4.90. The maximum Gasteiger partial charge on any atom is 0.166 e. The molecule has 0 saturated heterocycles. The van der Waals surface area contributed by atoms with E-state index in [0.29, 0.717) is 18.5 Å². The normalized spacial score (nSPS) is 17.5. The molecule has 106 valence electrons. The highest BCUT2D eigenvalue weighted by atomic mass is 35.5. The molecule has 4 nitrogen and oxygen atoms in total. The summed E-state index contributed by atoms with van der Waals surface area (Å²) in [6, 6.07) is 1.02. The van der Waals surface area contributed by atoms with Crippen molar-refractivity contribution in [3.8, 4) is 5.75 Å². The van der Waals surface area contributed by atoms with Crippen LogP contribution in [0.2, 0.25) is 10.0 Å². The number of benzene rings is 1. The molecule has 1 unspecified atom stereocenters. The predicted octanol–water partition coefficient (Wildman–Crippen LogP) is 3.33. The highest BCUT2D eigenvalue weighted by Crippen LogP contribution is 2.43. The van der Waals surface area contributed by atoms with E-state index < -0.39 is 11.6 Å². The molecule has 3 rings (SSSR count). The average molecular weight is 316 g/mol. The summed E-state index contributed by atoms with van der Waals surface area (Å²) < 4.78 is 15.6. The van der Waals surface area contributed by atoms with E-state index in [1.54, 1.807) is 0 Å². The molecule has 0 saturated carbocycles. The molecule has 2 aromatic rings. The third-order valence-electron chi connectivity index (χ3n) is 3.64. The second-order valence-corrected chi connectivity index (χ2v) is 5.60. The van der Waals surface area contributed by atoms with E-state index in [2.05, 4.69) is 10.2 Å². The SMILES string of the molecule is CCc1nnc2n1CC(c1c(O)c(F)cc(Cl)c1Cl)C2. The molecule has 1 N–H and O–H groups in total. The molecule has 1 aromatic heterocycles. The van der Waals surface area contributed by atoms with Crippen molar-refractivity contribution < 1.29 is 9.50 Å². The molecule has 0 spiro atoms. The Hall–Kier alpha value is -1.33. The van der Waals surface area contributed by atoms with E-state index >= 15 is 0 Å². The van der Waals surface area contributed by atoms with Gasteiger partial charge in [0.2, 0.25) is 0 Å². The molecule has 0 aliphatic carbocycles. The van der Waals surface area contributed by atoms with Crippen molar-refractivity contribution in [2.75, 3.05) is 0 Å². The Bertz CT molecular complexity index is 660. The molecule has 1 atom stereocenters. The summed E-state index contributed by atoms with van der Waals surface area (Å²) >= 11 is 12.0. The van der Waals surface area contributed by atoms with Crippen LogP contribution in [0.25, 0.3) is 0 Å². The Morgan fingerprint density at radius 1 is 1.45 bits per heavy atom. The minimum atomic E-state index is -0.757. The number of aromatic hydroxyl groups is 1. The van der Waals surface area contributed by atoms with Gasteiger partial charge in [0.15, 0.2) is 11.6 Å². The lowest BCUT2D eigenvalue weighted by Crippen LogP contribution is -2.06. The van der Waals surface area contributed by atoms with Crippen molar-refractivity contribution in [1.82, 2.24) is 14.8 Å². The van der Waals surface area contributed by atoms with Gasteiger partial charge in [-0.15, -0.1) is 10.2 Å². The quantitative estimate of drug-likeness (QED) is 0.865. The average Bonchev–Trinajstić information content (AvgIpc) is 2.96. The van der Waals surface area contributed by atoms with Crippen LogP contribution >= 0.6 is 23.2 Å². The molecule has 0 fully saturated rings. The van der Waals surface area contributed by atoms with Gasteiger partial charge >= 0.3 is 0 Å². The first-order valence-corrected chi connectivity index (χ1v) is 7.05. The van der Waals surface area contributed by atoms with Gasteiger partial charge in [-0.2, -0.15) is 0 Å². The van der Waals surface area contributed by atoms with Gasteiger partial charge in [0, 0.05) is 30.9 Å². The van der Waals surface area contributed by atoms with Gasteiger partial charge in [0.05, 0.1) is 10.0 Å². The minimum absolute atomic E-state index is 0.107. The van der Waals surface area contributed by atoms with Crippen LogP contribution in [0, 0.1) is 5.82 Å². The fourth-order valence-electron chi connectivity index (χ4n) is 2.67. The molecule has 2 heterocycles. The largest absolute Gasteiger partial charge is 0.505 e. The molecule has 0 amide bonds. The molecule has 1 aromatic carbocycles. The first-order chi connectivity index (χ1) is 9.52. The third-order valence-corrected chi connectivity index (χ3v) is 4.44. The first kappa shape index (κ1) is 13.6. The van der Waals surface area contributed by atoms with Crippen molar-refractivity contribution in [2.45, 2.75) is 32.2 Å². The Labute approximate surface area is 125 Å². The number of rotatable bonds is 2. The molecular formula is C13H12Cl2FN3O. The minimum Gasteiger partial charge on any atom is -0.505 e. The third kappa shape index (κ3) is 1.96. The number of hydrogen-bond acceptors (Lipinski definition) is 3. The molecule has 0 radical (unpaired) electrons. The van der Waals surface area contributed by atoms with E-state index in [-0.39, 0.29) is 16.0 Å². The van der Waals surface area contributed by atoms with E-state index in [9.17, 15) is 9.50 Å². The lowest BCUT2D eigenvalue weighted by atomic mass is 9.96. The van der Waals surface area contributed by atoms with Gasteiger partial charge in [0.25, 0.3) is 0 Å². The fourth-order valence-corrected chi connectivity index (χ4v) is 3.17. The topological polar surface area (TPSA) is 50.9 Å². The summed E-state index contributed by atoms with van der Waals surface area (Å²) in [5, 5.41) is 18.4. The van der Waals surface area contributed by atoms with Crippen molar-refractivity contribution >= 4 is 23.2 Å². The molecular weight excluding hydrogens is 304 g/mol. The van der Waals surface area contributed by atoms with Crippen LogP contribution in [0.15, 0.2) is 6.07 Å². The molecule has 20 heavy (non-hydrogen) atoms. The smallest absolute Gasteiger partial charge is 0.166 e. The Kier molecular flexibility index (Phi) is 3.34. The summed E-state index contributed by atoms with van der Waals surface area (Å²) in [7, 11) is 0. The van der Waals surface area contributed by atoms with Crippen LogP contribution in [-0.2, 0) is 19.4 Å². The molecule has 7 heteroatoms. The predicted molar refractivity (Wildman–Crippen MR) is 73.9 cm³/mol. The number of aryl methyl sites for hydroxylation is 1. The van der Waals surface area contributed by atoms with Crippen molar-refractivity contribution in [1.29, 1.82) is 0 Å². The number of halogens is 3. The standard InChI is InChI=1S/C13H12Cl2FN3O/c1-2-9-17-18-10-3-6(5-19(9)10)11-12(15)7(14)4-8(16)13(11)20/h4,6,20H,2-3,5H2,1H3. The van der Waals surface area contributed by atoms with Crippen molar-refractivity contribution in [2.24, 2.45) is 0 Å². The number of aromatic nitrogens is 3. The van der Waals surface area contributed by atoms with Crippen LogP contribution in [-0.4, -0.2) is 19.9 Å². The number of nitrogens with zero attached hydrogens (tertiary/aromatic N) is 3. The number of phenols is 1. The number of phenolic OH excluding ortho intramolecular Hbond substituents is 1. The zero-order valence-electron chi connectivity index (χ0n) is 10.7. The Balaban J connectivity index is 2.03. The summed E-state index contributed by atoms with van der Waals surface area (Å²) in [5.41, 5.74) is 0.351. The zero-order valence-corrected chi connectivity index (χ0v) is 12.2. The van der Waals surface area contributed by atoms with Gasteiger partial charge in [-0.3, -0.25) is 0 Å². The van der Waals surface area contributed by atoms with E-state index in [1.807, 2.05) is 11.5 Å². The highest BCUT2D eigenvalue weighted by molar-refractivity contribution is 6.42. The van der Waals surface area contributed by atoms with Gasteiger partial charge in [-0.05, 0) is 6.07 Å². The number of hydrogen-bond donors (Lipinski definition) is 1. The summed E-state index contributed by atoms with van der Waals surface area (Å²) in [6.45, 7) is 2.56. The highest BCUT2D eigenvalue weighted by Gasteiger charge is 2.31. The first-order valence-electron chi connectivity index (χ1n) is 6.30. The zero-order chi connectivity index (χ0) is 14.4. The van der Waals surface area contributed by atoms with Crippen molar-refractivity contribution in [3.05, 3.63) is 39.1 Å². The van der Waals surface area contributed by atoms with E-state index in [1.165, 1.54) is 0 Å². The van der Waals surface area contributed by atoms with E-state index in [4.69, 9.17) is 23.2 Å². The summed E-state index contributed by atoms with van der Waals surface area (Å²) in [6.07, 6.45) is 1.32. The van der Waals surface area contributed by atoms with Crippen LogP contribution in [0.4, 0.5) is 4.39 Å². The fraction of sp³-hybridized carbons (Fsp3) is 0.385. The van der Waals surface area contributed by atoms with Crippen LogP contribution < -0.4 is 0 Å². The summed E-state index contributed by atoms with van der Waals surface area (Å²) in [4.78, 5) is 0. The van der Waals surface area contributed by atoms with Gasteiger partial charge in [0.1, 0.15) is 11.6 Å². The van der Waals surface area contributed by atoms with E-state index in [0.717, 1.165) is 24.1 Å². The maximum absolute atomic E-state index is 13.6. The molecule has 1 aliphatic heterocycles. The summed E-state index contributed by atoms with van der Waals surface area (Å²) in [5.74, 6) is 0.365. The maximum atomic E-state index is 13.6. The number of fused-ring (bicyclic) bond motifs is 1. The van der Waals surface area contributed by atoms with Gasteiger partial charge < -0.3 is 9.67 Å². The van der Waals surface area contributed by atoms with Crippen molar-refractivity contribution in [3.63, 3.8) is 0 Å². The van der Waals surface area contributed by atoms with Crippen LogP contribution in [0.5, 0.6) is 5.75 Å². The molecule has 0 bridgehead atoms. The van der Waals surface area contributed by atoms with Crippen LogP contribution in [0.3, 0.4) is 0 Å².